The Hall–Kier alpha value is -1.08. The molecule has 0 bridgehead atoms. The van der Waals surface area contributed by atoms with Crippen LogP contribution in [0.25, 0.3) is 0 Å². The van der Waals surface area contributed by atoms with Crippen molar-refractivity contribution < 1.29 is 14.3 Å². The van der Waals surface area contributed by atoms with E-state index in [2.05, 4.69) is 10.3 Å². The van der Waals surface area contributed by atoms with Crippen LogP contribution in [-0.2, 0) is 20.7 Å². The Labute approximate surface area is 133 Å². The smallest absolute Gasteiger partial charge is 0.311 e. The molecular weight excluding hydrogens is 308 g/mol. The molecule has 1 N–H and O–H groups in total. The minimum Gasteiger partial charge on any atom is -0.466 e. The van der Waals surface area contributed by atoms with Gasteiger partial charge in [0.25, 0.3) is 0 Å². The van der Waals surface area contributed by atoms with Crippen LogP contribution in [0.2, 0.25) is 0 Å². The molecule has 7 heteroatoms. The summed E-state index contributed by atoms with van der Waals surface area (Å²) >= 11 is 2.83. The van der Waals surface area contributed by atoms with Crippen LogP contribution in [0, 0.1) is 0 Å². The third-order valence-corrected chi connectivity index (χ3v) is 4.43. The van der Waals surface area contributed by atoms with Gasteiger partial charge in [0.1, 0.15) is 0 Å². The van der Waals surface area contributed by atoms with E-state index in [-0.39, 0.29) is 29.1 Å². The van der Waals surface area contributed by atoms with Gasteiger partial charge in [0.15, 0.2) is 4.34 Å². The molecule has 0 aromatic carbocycles. The van der Waals surface area contributed by atoms with Crippen LogP contribution in [0.5, 0.6) is 0 Å². The highest BCUT2D eigenvalue weighted by Crippen LogP contribution is 2.27. The van der Waals surface area contributed by atoms with Gasteiger partial charge in [0, 0.05) is 10.9 Å². The Morgan fingerprint density at radius 1 is 1.48 bits per heavy atom. The lowest BCUT2D eigenvalue weighted by molar-refractivity contribution is -0.142. The molecule has 1 atom stereocenters. The molecule has 1 heterocycles. The fraction of sp³-hybridized carbons (Fsp3) is 0.643. The second-order valence-electron chi connectivity index (χ2n) is 5.59. The predicted octanol–water partition coefficient (Wildman–Crippen LogP) is 2.64. The van der Waals surface area contributed by atoms with Gasteiger partial charge < -0.3 is 10.1 Å². The first-order valence-corrected chi connectivity index (χ1v) is 8.56. The Bertz CT molecular complexity index is 495. The van der Waals surface area contributed by atoms with Crippen molar-refractivity contribution in [2.75, 3.05) is 6.61 Å². The molecule has 1 amide bonds. The molecule has 1 aromatic rings. The van der Waals surface area contributed by atoms with Crippen LogP contribution in [0.3, 0.4) is 0 Å². The van der Waals surface area contributed by atoms with E-state index in [1.54, 1.807) is 6.92 Å². The lowest BCUT2D eigenvalue weighted by atomic mass is 10.1. The highest BCUT2D eigenvalue weighted by molar-refractivity contribution is 8.02. The number of carbonyl (C=O) groups excluding carboxylic acids is 2. The number of ether oxygens (including phenoxy) is 1. The number of esters is 1. The number of thioether (sulfide) groups is 1. The van der Waals surface area contributed by atoms with Crippen LogP contribution < -0.4 is 5.32 Å². The summed E-state index contributed by atoms with van der Waals surface area (Å²) in [5, 5.41) is 4.53. The zero-order valence-electron chi connectivity index (χ0n) is 13.1. The molecule has 0 spiro atoms. The molecule has 0 saturated carbocycles. The second kappa shape index (κ2) is 7.79. The lowest BCUT2D eigenvalue weighted by Crippen LogP contribution is -2.44. The van der Waals surface area contributed by atoms with Crippen molar-refractivity contribution >= 4 is 35.0 Å². The normalized spacial score (nSPS) is 12.8. The Morgan fingerprint density at radius 2 is 2.14 bits per heavy atom. The second-order valence-corrected chi connectivity index (χ2v) is 8.03. The van der Waals surface area contributed by atoms with E-state index in [4.69, 9.17) is 4.74 Å². The van der Waals surface area contributed by atoms with Crippen molar-refractivity contribution in [2.45, 2.75) is 56.2 Å². The summed E-state index contributed by atoms with van der Waals surface area (Å²) in [5.41, 5.74) is 0.438. The van der Waals surface area contributed by atoms with E-state index in [0.717, 1.165) is 4.34 Å². The standard InChI is InChI=1S/C14H22N2O3S2/c1-6-19-11(17)7-10-8-20-13(15-10)21-9(2)12(18)16-14(3,4)5/h8-9H,6-7H2,1-5H3,(H,16,18)/t9-/m0/s1. The summed E-state index contributed by atoms with van der Waals surface area (Å²) < 4.78 is 5.67. The Kier molecular flexibility index (Phi) is 6.67. The lowest BCUT2D eigenvalue weighted by Gasteiger charge is -2.22. The van der Waals surface area contributed by atoms with Gasteiger partial charge in [-0.3, -0.25) is 9.59 Å². The van der Waals surface area contributed by atoms with Crippen LogP contribution in [0.1, 0.15) is 40.3 Å². The molecule has 21 heavy (non-hydrogen) atoms. The first-order chi connectivity index (χ1) is 9.71. The van der Waals surface area contributed by atoms with Gasteiger partial charge in [-0.25, -0.2) is 4.98 Å². The van der Waals surface area contributed by atoms with E-state index in [0.29, 0.717) is 12.3 Å². The summed E-state index contributed by atoms with van der Waals surface area (Å²) in [6.07, 6.45) is 0.174. The topological polar surface area (TPSA) is 68.3 Å². The maximum Gasteiger partial charge on any atom is 0.311 e. The molecule has 0 unspecified atom stereocenters. The van der Waals surface area contributed by atoms with Crippen LogP contribution >= 0.6 is 23.1 Å². The van der Waals surface area contributed by atoms with Crippen LogP contribution in [0.4, 0.5) is 0 Å². The third-order valence-electron chi connectivity index (χ3n) is 2.31. The van der Waals surface area contributed by atoms with E-state index < -0.39 is 0 Å². The van der Waals surface area contributed by atoms with Gasteiger partial charge in [-0.2, -0.15) is 0 Å². The highest BCUT2D eigenvalue weighted by atomic mass is 32.2. The zero-order valence-corrected chi connectivity index (χ0v) is 14.7. The third kappa shape index (κ3) is 6.95. The minimum absolute atomic E-state index is 0.0188. The molecule has 0 radical (unpaired) electrons. The summed E-state index contributed by atoms with van der Waals surface area (Å²) in [6.45, 7) is 9.83. The molecule has 1 rings (SSSR count). The van der Waals surface area contributed by atoms with Gasteiger partial charge in [0.05, 0.1) is 24.0 Å². The fourth-order valence-corrected chi connectivity index (χ4v) is 3.44. The van der Waals surface area contributed by atoms with Crippen molar-refractivity contribution in [1.29, 1.82) is 0 Å². The maximum atomic E-state index is 12.0. The van der Waals surface area contributed by atoms with Crippen molar-refractivity contribution in [2.24, 2.45) is 0 Å². The molecular formula is C14H22N2O3S2. The molecule has 0 fully saturated rings. The average molecular weight is 330 g/mol. The molecule has 0 aliphatic heterocycles. The summed E-state index contributed by atoms with van der Waals surface area (Å²) in [4.78, 5) is 27.7. The number of aromatic nitrogens is 1. The zero-order chi connectivity index (χ0) is 16.0. The van der Waals surface area contributed by atoms with Gasteiger partial charge in [-0.05, 0) is 34.6 Å². The molecule has 118 valence electrons. The number of rotatable bonds is 6. The molecule has 0 saturated heterocycles. The summed E-state index contributed by atoms with van der Waals surface area (Å²) in [5.74, 6) is -0.299. The quantitative estimate of drug-likeness (QED) is 0.641. The minimum atomic E-state index is -0.280. The Balaban J connectivity index is 2.54. The molecule has 0 aliphatic carbocycles. The summed E-state index contributed by atoms with van der Waals surface area (Å²) in [6, 6.07) is 0. The van der Waals surface area contributed by atoms with Crippen molar-refractivity contribution in [3.8, 4) is 0 Å². The fourth-order valence-electron chi connectivity index (χ4n) is 1.46. The van der Waals surface area contributed by atoms with Crippen molar-refractivity contribution in [3.63, 3.8) is 0 Å². The first kappa shape index (κ1) is 18.0. The van der Waals surface area contributed by atoms with E-state index in [1.165, 1.54) is 23.1 Å². The van der Waals surface area contributed by atoms with Crippen LogP contribution in [0.15, 0.2) is 9.72 Å². The van der Waals surface area contributed by atoms with Gasteiger partial charge in [-0.15, -0.1) is 11.3 Å². The SMILES string of the molecule is CCOC(=O)Cc1csc(S[C@@H](C)C(=O)NC(C)(C)C)n1. The van der Waals surface area contributed by atoms with E-state index in [1.807, 2.05) is 33.1 Å². The van der Waals surface area contributed by atoms with Crippen molar-refractivity contribution in [3.05, 3.63) is 11.1 Å². The van der Waals surface area contributed by atoms with Gasteiger partial charge in [0.2, 0.25) is 5.91 Å². The number of hydrogen-bond donors (Lipinski definition) is 1. The molecule has 1 aromatic heterocycles. The predicted molar refractivity (Wildman–Crippen MR) is 85.7 cm³/mol. The highest BCUT2D eigenvalue weighted by Gasteiger charge is 2.21. The monoisotopic (exact) mass is 330 g/mol. The first-order valence-electron chi connectivity index (χ1n) is 6.80. The number of nitrogens with one attached hydrogen (secondary N) is 1. The molecule has 5 nitrogen and oxygen atoms in total. The average Bonchev–Trinajstić information content (AvgIpc) is 2.74. The van der Waals surface area contributed by atoms with E-state index >= 15 is 0 Å². The number of hydrogen-bond acceptors (Lipinski definition) is 6. The largest absolute Gasteiger partial charge is 0.466 e. The number of amides is 1. The molecule has 0 aliphatic rings. The van der Waals surface area contributed by atoms with Gasteiger partial charge >= 0.3 is 5.97 Å². The van der Waals surface area contributed by atoms with Crippen LogP contribution in [-0.4, -0.2) is 34.3 Å². The Morgan fingerprint density at radius 3 is 2.71 bits per heavy atom. The number of nitrogens with zero attached hydrogens (tertiary/aromatic N) is 1. The van der Waals surface area contributed by atoms with Gasteiger partial charge in [-0.1, -0.05) is 11.8 Å². The maximum absolute atomic E-state index is 12.0. The number of thiazole rings is 1. The van der Waals surface area contributed by atoms with Crippen molar-refractivity contribution in [1.82, 2.24) is 10.3 Å². The summed E-state index contributed by atoms with van der Waals surface area (Å²) in [7, 11) is 0. The van der Waals surface area contributed by atoms with E-state index in [9.17, 15) is 9.59 Å². The number of carbonyl (C=O) groups is 2.